The largest absolute Gasteiger partial charge is 0.461 e. The lowest BCUT2D eigenvalue weighted by molar-refractivity contribution is -0.619. The van der Waals surface area contributed by atoms with Gasteiger partial charge in [0.05, 0.1) is 0 Å². The highest BCUT2D eigenvalue weighted by molar-refractivity contribution is 5.63. The lowest BCUT2D eigenvalue weighted by Crippen LogP contribution is -2.42. The molecule has 0 aliphatic rings. The molecule has 0 spiro atoms. The van der Waals surface area contributed by atoms with E-state index in [9.17, 15) is 0 Å². The summed E-state index contributed by atoms with van der Waals surface area (Å²) in [6, 6.07) is 17.1. The molecule has 0 fully saturated rings. The van der Waals surface area contributed by atoms with Crippen LogP contribution in [0.15, 0.2) is 54.7 Å². The molecule has 0 aliphatic carbocycles. The first kappa shape index (κ1) is 15.5. The van der Waals surface area contributed by atoms with Gasteiger partial charge in [-0.1, -0.05) is 58.0 Å². The van der Waals surface area contributed by atoms with E-state index in [2.05, 4.69) is 84.9 Å². The van der Waals surface area contributed by atoms with Crippen LogP contribution < -0.4 is 9.67 Å². The van der Waals surface area contributed by atoms with Gasteiger partial charge in [0, 0.05) is 17.9 Å². The Morgan fingerprint density at radius 1 is 0.826 bits per heavy atom. The van der Waals surface area contributed by atoms with Crippen molar-refractivity contribution in [1.82, 2.24) is 10.2 Å². The number of nitrogens with zero attached hydrogens (tertiary/aromatic N) is 3. The zero-order chi connectivity index (χ0) is 16.4. The predicted octanol–water partition coefficient (Wildman–Crippen LogP) is 4.23. The molecule has 3 nitrogen and oxygen atoms in total. The number of benzene rings is 1. The maximum absolute atomic E-state index is 4.29. The van der Waals surface area contributed by atoms with Crippen molar-refractivity contribution >= 4 is 0 Å². The van der Waals surface area contributed by atoms with Crippen LogP contribution in [-0.2, 0) is 0 Å². The monoisotopic (exact) mass is 305 g/mol. The molecule has 3 aromatic rings. The summed E-state index contributed by atoms with van der Waals surface area (Å²) >= 11 is 0. The summed E-state index contributed by atoms with van der Waals surface area (Å²) in [5.74, 6) is 1.69. The van der Waals surface area contributed by atoms with E-state index in [1.165, 1.54) is 22.5 Å². The number of pyridine rings is 1. The molecule has 0 radical (unpaired) electrons. The third-order valence-electron chi connectivity index (χ3n) is 4.09. The summed E-state index contributed by atoms with van der Waals surface area (Å²) < 4.78 is 2.26. The second kappa shape index (κ2) is 6.37. The number of aromatic nitrogens is 3. The standard InChI is InChI=1S/C20H23N3/c1-14(2)18-12-17(16-8-6-5-7-9-16)13-19(15(3)4)23(18)20-10-11-21-22-20/h5-15H,1-4H3. The number of hydrogen-bond donors (Lipinski definition) is 0. The maximum Gasteiger partial charge on any atom is 0.311 e. The zero-order valence-corrected chi connectivity index (χ0v) is 14.2. The van der Waals surface area contributed by atoms with Crippen LogP contribution in [-0.4, -0.2) is 5.10 Å². The Morgan fingerprint density at radius 2 is 1.43 bits per heavy atom. The first-order valence-electron chi connectivity index (χ1n) is 8.18. The second-order valence-electron chi connectivity index (χ2n) is 6.49. The molecule has 23 heavy (non-hydrogen) atoms. The molecule has 0 saturated heterocycles. The van der Waals surface area contributed by atoms with Crippen molar-refractivity contribution in [3.8, 4) is 16.9 Å². The van der Waals surface area contributed by atoms with E-state index in [1.54, 1.807) is 6.20 Å². The molecule has 3 heteroatoms. The maximum atomic E-state index is 4.29. The first-order valence-corrected chi connectivity index (χ1v) is 8.18. The van der Waals surface area contributed by atoms with E-state index in [0.29, 0.717) is 11.8 Å². The summed E-state index contributed by atoms with van der Waals surface area (Å²) in [6.45, 7) is 8.89. The molecule has 0 amide bonds. The summed E-state index contributed by atoms with van der Waals surface area (Å²) in [4.78, 5) is 0. The zero-order valence-electron chi connectivity index (χ0n) is 14.2. The Bertz CT molecular complexity index is 743. The van der Waals surface area contributed by atoms with Gasteiger partial charge in [0.1, 0.15) is 11.4 Å². The fraction of sp³-hybridized carbons (Fsp3) is 0.300. The van der Waals surface area contributed by atoms with Gasteiger partial charge in [-0.3, -0.25) is 0 Å². The van der Waals surface area contributed by atoms with Crippen molar-refractivity contribution in [2.75, 3.05) is 0 Å². The van der Waals surface area contributed by atoms with Gasteiger partial charge in [-0.2, -0.15) is 4.57 Å². The highest BCUT2D eigenvalue weighted by atomic mass is 15.2. The van der Waals surface area contributed by atoms with E-state index < -0.39 is 0 Å². The van der Waals surface area contributed by atoms with E-state index in [0.717, 1.165) is 5.82 Å². The van der Waals surface area contributed by atoms with Gasteiger partial charge < -0.3 is 5.10 Å². The van der Waals surface area contributed by atoms with Crippen LogP contribution in [0.1, 0.15) is 50.9 Å². The van der Waals surface area contributed by atoms with Gasteiger partial charge >= 0.3 is 5.82 Å². The molecule has 0 saturated carbocycles. The van der Waals surface area contributed by atoms with Crippen LogP contribution in [0.25, 0.3) is 16.9 Å². The predicted molar refractivity (Wildman–Crippen MR) is 92.7 cm³/mol. The quantitative estimate of drug-likeness (QED) is 0.675. The van der Waals surface area contributed by atoms with Gasteiger partial charge in [0.15, 0.2) is 0 Å². The minimum Gasteiger partial charge on any atom is -0.461 e. The minimum atomic E-state index is 0.396. The average molecular weight is 305 g/mol. The van der Waals surface area contributed by atoms with Gasteiger partial charge in [0.2, 0.25) is 0 Å². The molecule has 0 N–H and O–H groups in total. The molecular weight excluding hydrogens is 282 g/mol. The van der Waals surface area contributed by atoms with Crippen molar-refractivity contribution in [2.24, 2.45) is 0 Å². The normalized spacial score (nSPS) is 11.4. The Kier molecular flexibility index (Phi) is 4.28. The molecular formula is C20H23N3. The summed E-state index contributed by atoms with van der Waals surface area (Å²) in [5.41, 5.74) is 5.02. The van der Waals surface area contributed by atoms with Crippen LogP contribution in [0.2, 0.25) is 0 Å². The number of hydrogen-bond acceptors (Lipinski definition) is 1. The lowest BCUT2D eigenvalue weighted by Gasteiger charge is -2.17. The third kappa shape index (κ3) is 3.04. The number of rotatable bonds is 4. The Balaban J connectivity index is 2.28. The second-order valence-corrected chi connectivity index (χ2v) is 6.49. The van der Waals surface area contributed by atoms with Crippen molar-refractivity contribution in [3.05, 3.63) is 66.1 Å². The molecule has 2 aromatic heterocycles. The van der Waals surface area contributed by atoms with E-state index in [1.807, 2.05) is 6.07 Å². The van der Waals surface area contributed by atoms with Crippen LogP contribution in [0, 0.1) is 0 Å². The average Bonchev–Trinajstić information content (AvgIpc) is 3.08. The minimum absolute atomic E-state index is 0.396. The van der Waals surface area contributed by atoms with Gasteiger partial charge in [-0.25, -0.2) is 0 Å². The molecule has 1 aromatic carbocycles. The van der Waals surface area contributed by atoms with Crippen LogP contribution in [0.5, 0.6) is 0 Å². The summed E-state index contributed by atoms with van der Waals surface area (Å²) in [7, 11) is 0. The van der Waals surface area contributed by atoms with E-state index >= 15 is 0 Å². The van der Waals surface area contributed by atoms with Crippen LogP contribution in [0.3, 0.4) is 0 Å². The summed E-state index contributed by atoms with van der Waals surface area (Å²) in [6.07, 6.45) is 1.75. The molecule has 2 heterocycles. The van der Waals surface area contributed by atoms with Crippen molar-refractivity contribution in [2.45, 2.75) is 39.5 Å². The highest BCUT2D eigenvalue weighted by Crippen LogP contribution is 2.26. The molecule has 3 rings (SSSR count). The van der Waals surface area contributed by atoms with Gasteiger partial charge in [0.25, 0.3) is 0 Å². The smallest absolute Gasteiger partial charge is 0.311 e. The lowest BCUT2D eigenvalue weighted by atomic mass is 9.97. The summed E-state index contributed by atoms with van der Waals surface area (Å²) in [5, 5.41) is 8.30. The van der Waals surface area contributed by atoms with Crippen LogP contribution in [0.4, 0.5) is 0 Å². The topological polar surface area (TPSA) is 30.9 Å². The van der Waals surface area contributed by atoms with Crippen LogP contribution >= 0.6 is 0 Å². The van der Waals surface area contributed by atoms with Crippen molar-refractivity contribution in [1.29, 1.82) is 0 Å². The fourth-order valence-electron chi connectivity index (χ4n) is 2.90. The molecule has 0 bridgehead atoms. The highest BCUT2D eigenvalue weighted by Gasteiger charge is 2.22. The SMILES string of the molecule is CC(C)c1cc(-c2ccccc2)cc(C(C)C)[n+]1-c1cc[n-]n1. The van der Waals surface area contributed by atoms with Crippen molar-refractivity contribution < 1.29 is 4.57 Å². The Labute approximate surface area is 138 Å². The molecule has 0 aliphatic heterocycles. The van der Waals surface area contributed by atoms with Gasteiger partial charge in [-0.15, -0.1) is 11.3 Å². The van der Waals surface area contributed by atoms with E-state index in [4.69, 9.17) is 0 Å². The molecule has 118 valence electrons. The Hall–Kier alpha value is -2.42. The van der Waals surface area contributed by atoms with Crippen molar-refractivity contribution in [3.63, 3.8) is 0 Å². The fourth-order valence-corrected chi connectivity index (χ4v) is 2.90. The molecule has 0 atom stereocenters. The van der Waals surface area contributed by atoms with Gasteiger partial charge in [-0.05, 0) is 23.3 Å². The molecule has 0 unspecified atom stereocenters. The Morgan fingerprint density at radius 3 is 1.91 bits per heavy atom. The third-order valence-corrected chi connectivity index (χ3v) is 4.09. The first-order chi connectivity index (χ1) is 11.1. The van der Waals surface area contributed by atoms with E-state index in [-0.39, 0.29) is 0 Å².